The summed E-state index contributed by atoms with van der Waals surface area (Å²) in [6.07, 6.45) is 0.392. The number of rotatable bonds is 4. The molecular formula is C19H20N2O4. The molecule has 1 aliphatic heterocycles. The van der Waals surface area contributed by atoms with Gasteiger partial charge in [-0.3, -0.25) is 4.79 Å². The van der Waals surface area contributed by atoms with E-state index in [1.165, 1.54) is 12.1 Å². The van der Waals surface area contributed by atoms with Gasteiger partial charge >= 0.3 is 5.97 Å². The Kier molecular flexibility index (Phi) is 4.88. The topological polar surface area (TPSA) is 81.1 Å². The maximum atomic E-state index is 12.4. The third kappa shape index (κ3) is 3.91. The van der Waals surface area contributed by atoms with Crippen LogP contribution in [0.3, 0.4) is 0 Å². The molecule has 0 atom stereocenters. The highest BCUT2D eigenvalue weighted by atomic mass is 16.4. The number of hydrogen-bond acceptors (Lipinski definition) is 4. The normalized spacial score (nSPS) is 14.4. The number of amides is 1. The smallest absolute Gasteiger partial charge is 0.339 e. The van der Waals surface area contributed by atoms with Gasteiger partial charge in [0.15, 0.2) is 0 Å². The lowest BCUT2D eigenvalue weighted by Gasteiger charge is -2.36. The highest BCUT2D eigenvalue weighted by Crippen LogP contribution is 2.25. The van der Waals surface area contributed by atoms with Crippen LogP contribution in [0.2, 0.25) is 0 Å². The van der Waals surface area contributed by atoms with Gasteiger partial charge in [-0.2, -0.15) is 0 Å². The molecule has 1 saturated heterocycles. The minimum absolute atomic E-state index is 0.0998. The molecule has 2 aromatic rings. The van der Waals surface area contributed by atoms with Crippen LogP contribution < -0.4 is 4.90 Å². The number of carboxylic acids is 1. The maximum Gasteiger partial charge on any atom is 0.339 e. The lowest BCUT2D eigenvalue weighted by molar-refractivity contribution is -0.130. The van der Waals surface area contributed by atoms with E-state index in [1.807, 2.05) is 40.1 Å². The second-order valence-electron chi connectivity index (χ2n) is 6.04. The van der Waals surface area contributed by atoms with Crippen LogP contribution in [0.4, 0.5) is 5.69 Å². The number of phenols is 1. The van der Waals surface area contributed by atoms with Crippen LogP contribution in [0, 0.1) is 0 Å². The average Bonchev–Trinajstić information content (AvgIpc) is 2.63. The summed E-state index contributed by atoms with van der Waals surface area (Å²) >= 11 is 0. The second-order valence-corrected chi connectivity index (χ2v) is 6.04. The lowest BCUT2D eigenvalue weighted by atomic mass is 10.1. The molecule has 0 bridgehead atoms. The van der Waals surface area contributed by atoms with Gasteiger partial charge in [0.05, 0.1) is 6.42 Å². The van der Waals surface area contributed by atoms with E-state index in [0.717, 1.165) is 11.3 Å². The zero-order chi connectivity index (χ0) is 17.8. The molecule has 1 fully saturated rings. The van der Waals surface area contributed by atoms with Crippen molar-refractivity contribution in [2.45, 2.75) is 6.42 Å². The van der Waals surface area contributed by atoms with E-state index in [1.54, 1.807) is 6.07 Å². The second kappa shape index (κ2) is 7.25. The predicted molar refractivity (Wildman–Crippen MR) is 94.0 cm³/mol. The van der Waals surface area contributed by atoms with Crippen LogP contribution in [-0.4, -0.2) is 53.2 Å². The molecule has 25 heavy (non-hydrogen) atoms. The third-order valence-corrected chi connectivity index (χ3v) is 4.41. The van der Waals surface area contributed by atoms with Crippen molar-refractivity contribution in [2.24, 2.45) is 0 Å². The third-order valence-electron chi connectivity index (χ3n) is 4.41. The number of piperazine rings is 1. The number of carboxylic acid groups (broad SMARTS) is 1. The van der Waals surface area contributed by atoms with E-state index in [9.17, 15) is 14.7 Å². The van der Waals surface area contributed by atoms with Gasteiger partial charge in [-0.1, -0.05) is 30.3 Å². The Labute approximate surface area is 145 Å². The fourth-order valence-corrected chi connectivity index (χ4v) is 2.99. The largest absolute Gasteiger partial charge is 0.507 e. The Hall–Kier alpha value is -3.02. The number of anilines is 1. The van der Waals surface area contributed by atoms with Gasteiger partial charge in [-0.05, 0) is 23.8 Å². The first kappa shape index (κ1) is 16.8. The molecule has 0 unspecified atom stereocenters. The zero-order valence-corrected chi connectivity index (χ0v) is 13.8. The highest BCUT2D eigenvalue weighted by Gasteiger charge is 2.22. The summed E-state index contributed by atoms with van der Waals surface area (Å²) in [6, 6.07) is 14.2. The standard InChI is InChI=1S/C19H20N2O4/c22-17-7-6-15(13-16(17)19(24)25)20-8-10-21(11-9-20)18(23)12-14-4-2-1-3-5-14/h1-7,13,22H,8-12H2,(H,24,25). The maximum absolute atomic E-state index is 12.4. The molecule has 0 spiro atoms. The van der Waals surface area contributed by atoms with Gasteiger partial charge in [-0.15, -0.1) is 0 Å². The summed E-state index contributed by atoms with van der Waals surface area (Å²) in [5, 5.41) is 18.7. The predicted octanol–water partition coefficient (Wildman–Crippen LogP) is 1.98. The summed E-state index contributed by atoms with van der Waals surface area (Å²) in [7, 11) is 0. The van der Waals surface area contributed by atoms with E-state index in [2.05, 4.69) is 0 Å². The molecule has 1 amide bonds. The Morgan fingerprint density at radius 1 is 0.960 bits per heavy atom. The van der Waals surface area contributed by atoms with Crippen molar-refractivity contribution in [3.05, 3.63) is 59.7 Å². The molecule has 0 radical (unpaired) electrons. The molecule has 1 aliphatic rings. The molecule has 0 aromatic heterocycles. The molecule has 130 valence electrons. The van der Waals surface area contributed by atoms with Crippen molar-refractivity contribution in [1.29, 1.82) is 0 Å². The Balaban J connectivity index is 1.61. The van der Waals surface area contributed by atoms with Gasteiger partial charge in [0.2, 0.25) is 5.91 Å². The number of aromatic carboxylic acids is 1. The highest BCUT2D eigenvalue weighted by molar-refractivity contribution is 5.92. The van der Waals surface area contributed by atoms with Crippen LogP contribution in [0.5, 0.6) is 5.75 Å². The molecule has 1 heterocycles. The Bertz CT molecular complexity index is 768. The molecule has 2 N–H and O–H groups in total. The van der Waals surface area contributed by atoms with E-state index < -0.39 is 5.97 Å². The molecule has 0 aliphatic carbocycles. The fourth-order valence-electron chi connectivity index (χ4n) is 2.99. The molecule has 0 saturated carbocycles. The van der Waals surface area contributed by atoms with Crippen molar-refractivity contribution in [1.82, 2.24) is 4.90 Å². The number of carbonyl (C=O) groups is 2. The van der Waals surface area contributed by atoms with Crippen molar-refractivity contribution in [2.75, 3.05) is 31.1 Å². The number of carbonyl (C=O) groups excluding carboxylic acids is 1. The van der Waals surface area contributed by atoms with Crippen LogP contribution in [-0.2, 0) is 11.2 Å². The van der Waals surface area contributed by atoms with Crippen LogP contribution in [0.15, 0.2) is 48.5 Å². The van der Waals surface area contributed by atoms with E-state index >= 15 is 0 Å². The Morgan fingerprint density at radius 2 is 1.64 bits per heavy atom. The SMILES string of the molecule is O=C(O)c1cc(N2CCN(C(=O)Cc3ccccc3)CC2)ccc1O. The van der Waals surface area contributed by atoms with E-state index in [4.69, 9.17) is 5.11 Å². The van der Waals surface area contributed by atoms with Crippen molar-refractivity contribution in [3.8, 4) is 5.75 Å². The van der Waals surface area contributed by atoms with Gasteiger partial charge in [0.25, 0.3) is 0 Å². The molecule has 6 nitrogen and oxygen atoms in total. The van der Waals surface area contributed by atoms with Crippen LogP contribution in [0.25, 0.3) is 0 Å². The van der Waals surface area contributed by atoms with Crippen molar-refractivity contribution >= 4 is 17.6 Å². The molecule has 3 rings (SSSR count). The number of hydrogen-bond donors (Lipinski definition) is 2. The quantitative estimate of drug-likeness (QED) is 0.889. The monoisotopic (exact) mass is 340 g/mol. The molecule has 6 heteroatoms. The van der Waals surface area contributed by atoms with Crippen LogP contribution in [0.1, 0.15) is 15.9 Å². The summed E-state index contributed by atoms with van der Waals surface area (Å²) in [5.41, 5.74) is 1.63. The van der Waals surface area contributed by atoms with Gasteiger partial charge in [0.1, 0.15) is 11.3 Å². The number of benzene rings is 2. The average molecular weight is 340 g/mol. The van der Waals surface area contributed by atoms with Crippen LogP contribution >= 0.6 is 0 Å². The van der Waals surface area contributed by atoms with Gasteiger partial charge < -0.3 is 20.0 Å². The minimum atomic E-state index is -1.16. The lowest BCUT2D eigenvalue weighted by Crippen LogP contribution is -2.49. The number of aromatic hydroxyl groups is 1. The Morgan fingerprint density at radius 3 is 2.28 bits per heavy atom. The zero-order valence-electron chi connectivity index (χ0n) is 13.8. The summed E-state index contributed by atoms with van der Waals surface area (Å²) in [5.74, 6) is -1.30. The first-order valence-electron chi connectivity index (χ1n) is 8.17. The van der Waals surface area contributed by atoms with E-state index in [-0.39, 0.29) is 17.2 Å². The molecular weight excluding hydrogens is 320 g/mol. The summed E-state index contributed by atoms with van der Waals surface area (Å²) in [6.45, 7) is 2.44. The first-order valence-corrected chi connectivity index (χ1v) is 8.17. The minimum Gasteiger partial charge on any atom is -0.507 e. The summed E-state index contributed by atoms with van der Waals surface area (Å²) < 4.78 is 0. The van der Waals surface area contributed by atoms with Crippen molar-refractivity contribution in [3.63, 3.8) is 0 Å². The molecule has 2 aromatic carbocycles. The number of nitrogens with zero attached hydrogens (tertiary/aromatic N) is 2. The van der Waals surface area contributed by atoms with E-state index in [0.29, 0.717) is 32.6 Å². The van der Waals surface area contributed by atoms with Gasteiger partial charge in [-0.25, -0.2) is 4.79 Å². The van der Waals surface area contributed by atoms with Gasteiger partial charge in [0, 0.05) is 31.9 Å². The first-order chi connectivity index (χ1) is 12.0. The fraction of sp³-hybridized carbons (Fsp3) is 0.263. The summed E-state index contributed by atoms with van der Waals surface area (Å²) in [4.78, 5) is 27.4. The van der Waals surface area contributed by atoms with Crippen molar-refractivity contribution < 1.29 is 19.8 Å².